The Morgan fingerprint density at radius 1 is 1.03 bits per heavy atom. The molecule has 3 aromatic rings. The summed E-state index contributed by atoms with van der Waals surface area (Å²) in [6.07, 6.45) is 0. The summed E-state index contributed by atoms with van der Waals surface area (Å²) in [5.74, 6) is -1.62. The zero-order chi connectivity index (χ0) is 27.7. The van der Waals surface area contributed by atoms with Crippen LogP contribution in [0.1, 0.15) is 45.8 Å². The van der Waals surface area contributed by atoms with Gasteiger partial charge in [-0.3, -0.25) is 19.3 Å². The minimum atomic E-state index is -0.621. The van der Waals surface area contributed by atoms with Gasteiger partial charge in [0.2, 0.25) is 5.78 Å². The molecule has 0 spiro atoms. The molecule has 0 bridgehead atoms. The topological polar surface area (TPSA) is 75.1 Å². The van der Waals surface area contributed by atoms with Gasteiger partial charge in [0.15, 0.2) is 0 Å². The second-order valence-electron chi connectivity index (χ2n) is 10.3. The summed E-state index contributed by atoms with van der Waals surface area (Å²) in [5.41, 5.74) is 3.27. The SMILES string of the molecule is COCn1c(C)c(C(=O)N2C[C@H](C)N(Cc3ccc(F)cc3)C[C@H]2C)c2cc(C(=O)C(=O)N(C)C)ccc21. The van der Waals surface area contributed by atoms with Gasteiger partial charge >= 0.3 is 0 Å². The van der Waals surface area contributed by atoms with Gasteiger partial charge in [0, 0.05) is 69.6 Å². The molecule has 0 radical (unpaired) electrons. The van der Waals surface area contributed by atoms with Crippen LogP contribution in [-0.2, 0) is 22.8 Å². The van der Waals surface area contributed by atoms with Crippen molar-refractivity contribution in [1.29, 1.82) is 0 Å². The Kier molecular flexibility index (Phi) is 7.99. The fraction of sp³-hybridized carbons (Fsp3) is 0.414. The molecule has 2 atom stereocenters. The molecule has 1 fully saturated rings. The first-order valence-corrected chi connectivity index (χ1v) is 12.7. The first kappa shape index (κ1) is 27.5. The van der Waals surface area contributed by atoms with E-state index in [-0.39, 0.29) is 36.1 Å². The van der Waals surface area contributed by atoms with Crippen LogP contribution in [0.2, 0.25) is 0 Å². The number of benzene rings is 2. The van der Waals surface area contributed by atoms with E-state index >= 15 is 0 Å². The lowest BCUT2D eigenvalue weighted by Crippen LogP contribution is -2.57. The summed E-state index contributed by atoms with van der Waals surface area (Å²) in [6.45, 7) is 8.09. The summed E-state index contributed by atoms with van der Waals surface area (Å²) in [4.78, 5) is 44.6. The highest BCUT2D eigenvalue weighted by Crippen LogP contribution is 2.30. The number of aromatic nitrogens is 1. The minimum Gasteiger partial charge on any atom is -0.364 e. The number of carbonyl (C=O) groups is 3. The molecule has 2 heterocycles. The number of halogens is 1. The van der Waals surface area contributed by atoms with Gasteiger partial charge in [-0.15, -0.1) is 0 Å². The Morgan fingerprint density at radius 3 is 2.34 bits per heavy atom. The Bertz CT molecular complexity index is 1370. The smallest absolute Gasteiger partial charge is 0.294 e. The number of rotatable bonds is 7. The van der Waals surface area contributed by atoms with Crippen molar-refractivity contribution >= 4 is 28.5 Å². The van der Waals surface area contributed by atoms with Crippen molar-refractivity contribution in [2.24, 2.45) is 0 Å². The van der Waals surface area contributed by atoms with E-state index in [0.717, 1.165) is 16.8 Å². The standard InChI is InChI=1S/C29H35FN4O4/c1-18-15-33(19(2)14-32(18)16-21-7-10-23(30)11-8-21)28(36)26-20(3)34(17-38-6)25-12-9-22(13-24(25)26)27(35)29(37)31(4)5/h7-13,18-19H,14-17H2,1-6H3/t18-,19+/m0/s1. The molecule has 0 N–H and O–H groups in total. The van der Waals surface area contributed by atoms with Crippen LogP contribution >= 0.6 is 0 Å². The lowest BCUT2D eigenvalue weighted by molar-refractivity contribution is -0.124. The molecule has 1 aliphatic heterocycles. The first-order valence-electron chi connectivity index (χ1n) is 12.7. The Labute approximate surface area is 222 Å². The zero-order valence-electron chi connectivity index (χ0n) is 22.8. The molecule has 0 saturated carbocycles. The van der Waals surface area contributed by atoms with Gasteiger partial charge < -0.3 is 19.1 Å². The van der Waals surface area contributed by atoms with Gasteiger partial charge in [0.1, 0.15) is 12.5 Å². The van der Waals surface area contributed by atoms with Crippen molar-refractivity contribution in [3.8, 4) is 0 Å². The van der Waals surface area contributed by atoms with Crippen molar-refractivity contribution in [2.75, 3.05) is 34.3 Å². The molecule has 0 unspecified atom stereocenters. The number of ether oxygens (including phenoxy) is 1. The Hall–Kier alpha value is -3.56. The van der Waals surface area contributed by atoms with E-state index in [1.165, 1.54) is 31.1 Å². The maximum Gasteiger partial charge on any atom is 0.294 e. The van der Waals surface area contributed by atoms with Crippen LogP contribution in [-0.4, -0.2) is 83.2 Å². The van der Waals surface area contributed by atoms with Crippen LogP contribution in [0.4, 0.5) is 4.39 Å². The van der Waals surface area contributed by atoms with Crippen LogP contribution in [0.5, 0.6) is 0 Å². The first-order chi connectivity index (χ1) is 18.0. The average molecular weight is 523 g/mol. The van der Waals surface area contributed by atoms with Crippen molar-refractivity contribution in [2.45, 2.75) is 46.1 Å². The van der Waals surface area contributed by atoms with E-state index in [1.54, 1.807) is 37.4 Å². The quantitative estimate of drug-likeness (QED) is 0.350. The third-order valence-electron chi connectivity index (χ3n) is 7.33. The molecular formula is C29H35FN4O4. The third kappa shape index (κ3) is 5.21. The monoisotopic (exact) mass is 522 g/mol. The van der Waals surface area contributed by atoms with Crippen LogP contribution < -0.4 is 0 Å². The molecular weight excluding hydrogens is 487 g/mol. The van der Waals surface area contributed by atoms with Gasteiger partial charge in [-0.2, -0.15) is 0 Å². The molecule has 1 saturated heterocycles. The van der Waals surface area contributed by atoms with Crippen LogP contribution in [0.25, 0.3) is 10.9 Å². The summed E-state index contributed by atoms with van der Waals surface area (Å²) < 4.78 is 20.6. The van der Waals surface area contributed by atoms with E-state index in [4.69, 9.17) is 4.74 Å². The number of amides is 2. The van der Waals surface area contributed by atoms with E-state index in [1.807, 2.05) is 23.3 Å². The Balaban J connectivity index is 1.66. The number of hydrogen-bond acceptors (Lipinski definition) is 5. The number of methoxy groups -OCH3 is 1. The zero-order valence-corrected chi connectivity index (χ0v) is 22.8. The summed E-state index contributed by atoms with van der Waals surface area (Å²) >= 11 is 0. The molecule has 202 valence electrons. The van der Waals surface area contributed by atoms with Crippen molar-refractivity contribution in [3.63, 3.8) is 0 Å². The van der Waals surface area contributed by atoms with E-state index in [2.05, 4.69) is 11.8 Å². The molecule has 38 heavy (non-hydrogen) atoms. The number of likely N-dealkylation sites (N-methyl/N-ethyl adjacent to an activating group) is 1. The maximum atomic E-state index is 14.1. The van der Waals surface area contributed by atoms with Crippen LogP contribution in [0, 0.1) is 12.7 Å². The van der Waals surface area contributed by atoms with Gasteiger partial charge in [0.05, 0.1) is 11.1 Å². The third-order valence-corrected chi connectivity index (χ3v) is 7.33. The largest absolute Gasteiger partial charge is 0.364 e. The van der Waals surface area contributed by atoms with E-state index in [9.17, 15) is 18.8 Å². The molecule has 1 aromatic heterocycles. The number of carbonyl (C=O) groups excluding carboxylic acids is 3. The highest BCUT2D eigenvalue weighted by atomic mass is 19.1. The molecule has 1 aliphatic rings. The maximum absolute atomic E-state index is 14.1. The van der Waals surface area contributed by atoms with Gasteiger partial charge in [-0.25, -0.2) is 4.39 Å². The van der Waals surface area contributed by atoms with Gasteiger partial charge in [0.25, 0.3) is 11.8 Å². The average Bonchev–Trinajstić information content (AvgIpc) is 3.16. The lowest BCUT2D eigenvalue weighted by Gasteiger charge is -2.44. The lowest BCUT2D eigenvalue weighted by atomic mass is 10.0. The number of Topliss-reactive ketones (excluding diaryl/α,β-unsaturated/α-hetero) is 1. The number of ketones is 1. The van der Waals surface area contributed by atoms with Gasteiger partial charge in [-0.05, 0) is 56.7 Å². The molecule has 2 aromatic carbocycles. The number of hydrogen-bond donors (Lipinski definition) is 0. The number of piperazine rings is 1. The highest BCUT2D eigenvalue weighted by Gasteiger charge is 2.35. The van der Waals surface area contributed by atoms with Crippen molar-refractivity contribution in [3.05, 3.63) is 70.7 Å². The Morgan fingerprint density at radius 2 is 1.71 bits per heavy atom. The van der Waals surface area contributed by atoms with E-state index in [0.29, 0.717) is 30.6 Å². The molecule has 8 nitrogen and oxygen atoms in total. The fourth-order valence-electron chi connectivity index (χ4n) is 5.18. The van der Waals surface area contributed by atoms with Gasteiger partial charge in [-0.1, -0.05) is 12.1 Å². The van der Waals surface area contributed by atoms with Crippen LogP contribution in [0.3, 0.4) is 0 Å². The minimum absolute atomic E-state index is 0.0699. The predicted molar refractivity (Wildman–Crippen MR) is 143 cm³/mol. The molecule has 9 heteroatoms. The highest BCUT2D eigenvalue weighted by molar-refractivity contribution is 6.43. The van der Waals surface area contributed by atoms with E-state index < -0.39 is 11.7 Å². The second-order valence-corrected chi connectivity index (χ2v) is 10.3. The summed E-state index contributed by atoms with van der Waals surface area (Å²) in [6, 6.07) is 11.5. The number of nitrogens with zero attached hydrogens (tertiary/aromatic N) is 4. The second kappa shape index (κ2) is 11.0. The normalized spacial score (nSPS) is 18.1. The molecule has 0 aliphatic carbocycles. The van der Waals surface area contributed by atoms with Crippen LogP contribution in [0.15, 0.2) is 42.5 Å². The molecule has 4 rings (SSSR count). The van der Waals surface area contributed by atoms with Crippen molar-refractivity contribution in [1.82, 2.24) is 19.3 Å². The predicted octanol–water partition coefficient (Wildman–Crippen LogP) is 3.70. The summed E-state index contributed by atoms with van der Waals surface area (Å²) in [5, 5.41) is 0.621. The van der Waals surface area contributed by atoms with Crippen molar-refractivity contribution < 1.29 is 23.5 Å². The molecule has 2 amide bonds. The summed E-state index contributed by atoms with van der Waals surface area (Å²) in [7, 11) is 4.65. The fourth-order valence-corrected chi connectivity index (χ4v) is 5.18. The number of fused-ring (bicyclic) bond motifs is 1.